The maximum atomic E-state index is 6.04. The number of ether oxygens (including phenoxy) is 1. The highest BCUT2D eigenvalue weighted by molar-refractivity contribution is 7.98. The molecule has 3 rings (SSSR count). The van der Waals surface area contributed by atoms with Crippen molar-refractivity contribution in [3.05, 3.63) is 78.6 Å². The molecular weight excluding hydrogens is 382 g/mol. The molecule has 0 radical (unpaired) electrons. The molecule has 0 aliphatic heterocycles. The SMILES string of the molecule is CN(C)CCC=CC1(c2nnc(CSCCOc3ccccc3)o2)C=CC=CC1. The minimum atomic E-state index is -0.340. The summed E-state index contributed by atoms with van der Waals surface area (Å²) in [6, 6.07) is 9.86. The van der Waals surface area contributed by atoms with Crippen LogP contribution >= 0.6 is 11.8 Å². The third-order valence-electron chi connectivity index (χ3n) is 4.58. The topological polar surface area (TPSA) is 51.4 Å². The van der Waals surface area contributed by atoms with E-state index in [9.17, 15) is 0 Å². The Morgan fingerprint density at radius 1 is 1.21 bits per heavy atom. The molecule has 0 bridgehead atoms. The van der Waals surface area contributed by atoms with Gasteiger partial charge in [-0.1, -0.05) is 54.7 Å². The van der Waals surface area contributed by atoms with Crippen molar-refractivity contribution in [2.24, 2.45) is 0 Å². The molecule has 1 aliphatic carbocycles. The van der Waals surface area contributed by atoms with Crippen LogP contribution in [0.25, 0.3) is 0 Å². The van der Waals surface area contributed by atoms with Crippen LogP contribution in [0.5, 0.6) is 5.75 Å². The molecule has 29 heavy (non-hydrogen) atoms. The number of thioether (sulfide) groups is 1. The smallest absolute Gasteiger partial charge is 0.230 e. The Morgan fingerprint density at radius 3 is 2.83 bits per heavy atom. The average Bonchev–Trinajstić information content (AvgIpc) is 3.22. The first-order valence-corrected chi connectivity index (χ1v) is 11.1. The molecule has 2 aromatic rings. The molecule has 6 heteroatoms. The lowest BCUT2D eigenvalue weighted by Gasteiger charge is -2.23. The molecule has 0 fully saturated rings. The molecule has 1 atom stereocenters. The Morgan fingerprint density at radius 2 is 2.07 bits per heavy atom. The molecule has 0 saturated carbocycles. The van der Waals surface area contributed by atoms with Gasteiger partial charge in [-0.05, 0) is 39.1 Å². The fraction of sp³-hybridized carbons (Fsp3) is 0.391. The van der Waals surface area contributed by atoms with Crippen LogP contribution in [0.1, 0.15) is 24.6 Å². The van der Waals surface area contributed by atoms with Gasteiger partial charge in [0, 0.05) is 12.3 Å². The molecule has 1 aliphatic rings. The Bertz CT molecular complexity index is 830. The van der Waals surface area contributed by atoms with Gasteiger partial charge in [0.2, 0.25) is 11.8 Å². The van der Waals surface area contributed by atoms with E-state index in [0.29, 0.717) is 24.1 Å². The second kappa shape index (κ2) is 11.0. The molecule has 154 valence electrons. The second-order valence-electron chi connectivity index (χ2n) is 7.24. The standard InChI is InChI=1S/C23H29N3O2S/c1-26(2)16-10-9-15-23(13-7-4-8-14-23)22-25-24-21(28-22)19-29-18-17-27-20-11-5-3-6-12-20/h3-9,11-13,15H,10,14,16-19H2,1-2H3. The summed E-state index contributed by atoms with van der Waals surface area (Å²) in [6.45, 7) is 1.67. The minimum Gasteiger partial charge on any atom is -0.493 e. The first kappa shape index (κ1) is 21.4. The van der Waals surface area contributed by atoms with Gasteiger partial charge in [0.15, 0.2) is 0 Å². The van der Waals surface area contributed by atoms with Gasteiger partial charge in [0.1, 0.15) is 5.75 Å². The predicted octanol–water partition coefficient (Wildman–Crippen LogP) is 4.64. The fourth-order valence-electron chi connectivity index (χ4n) is 3.01. The largest absolute Gasteiger partial charge is 0.493 e. The van der Waals surface area contributed by atoms with E-state index in [-0.39, 0.29) is 5.41 Å². The lowest BCUT2D eigenvalue weighted by Crippen LogP contribution is -2.22. The van der Waals surface area contributed by atoms with Gasteiger partial charge in [-0.2, -0.15) is 0 Å². The van der Waals surface area contributed by atoms with Crippen molar-refractivity contribution in [3.63, 3.8) is 0 Å². The quantitative estimate of drug-likeness (QED) is 0.396. The van der Waals surface area contributed by atoms with Crippen LogP contribution < -0.4 is 4.74 Å². The van der Waals surface area contributed by atoms with Crippen LogP contribution in [0.4, 0.5) is 0 Å². The van der Waals surface area contributed by atoms with E-state index in [1.54, 1.807) is 11.8 Å². The maximum absolute atomic E-state index is 6.04. The van der Waals surface area contributed by atoms with E-state index >= 15 is 0 Å². The summed E-state index contributed by atoms with van der Waals surface area (Å²) < 4.78 is 11.8. The second-order valence-corrected chi connectivity index (χ2v) is 8.35. The highest BCUT2D eigenvalue weighted by Gasteiger charge is 2.32. The van der Waals surface area contributed by atoms with E-state index < -0.39 is 0 Å². The van der Waals surface area contributed by atoms with Gasteiger partial charge in [0.05, 0.1) is 17.8 Å². The van der Waals surface area contributed by atoms with Crippen LogP contribution in [0, 0.1) is 0 Å². The van der Waals surface area contributed by atoms with Crippen LogP contribution in [-0.4, -0.2) is 48.1 Å². The van der Waals surface area contributed by atoms with Gasteiger partial charge in [-0.15, -0.1) is 22.0 Å². The van der Waals surface area contributed by atoms with Crippen LogP contribution in [0.2, 0.25) is 0 Å². The number of nitrogens with zero attached hydrogens (tertiary/aromatic N) is 3. The molecule has 0 saturated heterocycles. The maximum Gasteiger partial charge on any atom is 0.230 e. The summed E-state index contributed by atoms with van der Waals surface area (Å²) in [4.78, 5) is 2.18. The summed E-state index contributed by atoms with van der Waals surface area (Å²) in [7, 11) is 4.17. The number of allylic oxidation sites excluding steroid dienone is 5. The van der Waals surface area contributed by atoms with Crippen molar-refractivity contribution in [1.82, 2.24) is 15.1 Å². The number of hydrogen-bond acceptors (Lipinski definition) is 6. The van der Waals surface area contributed by atoms with Gasteiger partial charge in [0.25, 0.3) is 0 Å². The van der Waals surface area contributed by atoms with Gasteiger partial charge < -0.3 is 14.1 Å². The van der Waals surface area contributed by atoms with E-state index in [1.807, 2.05) is 30.3 Å². The molecule has 0 spiro atoms. The van der Waals surface area contributed by atoms with E-state index in [2.05, 4.69) is 65.6 Å². The first-order chi connectivity index (χ1) is 14.2. The van der Waals surface area contributed by atoms with Gasteiger partial charge in [-0.25, -0.2) is 0 Å². The zero-order chi connectivity index (χ0) is 20.4. The number of para-hydroxylation sites is 1. The predicted molar refractivity (Wildman–Crippen MR) is 119 cm³/mol. The van der Waals surface area contributed by atoms with Crippen molar-refractivity contribution in [2.45, 2.75) is 24.0 Å². The Hall–Kier alpha value is -2.31. The number of benzene rings is 1. The Kier molecular flexibility index (Phi) is 8.14. The highest BCUT2D eigenvalue weighted by Crippen LogP contribution is 2.34. The monoisotopic (exact) mass is 411 g/mol. The zero-order valence-electron chi connectivity index (χ0n) is 17.2. The van der Waals surface area contributed by atoms with Crippen LogP contribution in [0.15, 0.2) is 71.2 Å². The van der Waals surface area contributed by atoms with Crippen molar-refractivity contribution in [2.75, 3.05) is 33.0 Å². The fourth-order valence-corrected chi connectivity index (χ4v) is 3.65. The molecule has 5 nitrogen and oxygen atoms in total. The van der Waals surface area contributed by atoms with E-state index in [1.165, 1.54) is 0 Å². The lowest BCUT2D eigenvalue weighted by molar-refractivity contribution is 0.344. The molecule has 1 heterocycles. The Labute approximate surface area is 177 Å². The third kappa shape index (κ3) is 6.61. The molecule has 1 aromatic carbocycles. The summed E-state index contributed by atoms with van der Waals surface area (Å²) in [5, 5.41) is 8.63. The molecular formula is C23H29N3O2S. The first-order valence-electron chi connectivity index (χ1n) is 9.93. The number of hydrogen-bond donors (Lipinski definition) is 0. The minimum absolute atomic E-state index is 0.340. The van der Waals surface area contributed by atoms with Gasteiger partial charge >= 0.3 is 0 Å². The summed E-state index contributed by atoms with van der Waals surface area (Å²) in [5.74, 6) is 3.77. The van der Waals surface area contributed by atoms with Gasteiger partial charge in [-0.3, -0.25) is 0 Å². The molecule has 0 N–H and O–H groups in total. The molecule has 1 unspecified atom stereocenters. The zero-order valence-corrected chi connectivity index (χ0v) is 18.0. The highest BCUT2D eigenvalue weighted by atomic mass is 32.2. The van der Waals surface area contributed by atoms with Crippen LogP contribution in [0.3, 0.4) is 0 Å². The normalized spacial score (nSPS) is 18.7. The molecule has 0 amide bonds. The summed E-state index contributed by atoms with van der Waals surface area (Å²) in [6.07, 6.45) is 14.7. The third-order valence-corrected chi connectivity index (χ3v) is 5.49. The van der Waals surface area contributed by atoms with Crippen molar-refractivity contribution >= 4 is 11.8 Å². The van der Waals surface area contributed by atoms with Crippen LogP contribution in [-0.2, 0) is 11.2 Å². The number of aromatic nitrogens is 2. The number of rotatable bonds is 11. The molecule has 1 aromatic heterocycles. The van der Waals surface area contributed by atoms with E-state index in [0.717, 1.165) is 30.9 Å². The summed E-state index contributed by atoms with van der Waals surface area (Å²) in [5.41, 5.74) is -0.340. The van der Waals surface area contributed by atoms with Crippen molar-refractivity contribution < 1.29 is 9.15 Å². The van der Waals surface area contributed by atoms with E-state index in [4.69, 9.17) is 9.15 Å². The summed E-state index contributed by atoms with van der Waals surface area (Å²) >= 11 is 1.73. The Balaban J connectivity index is 1.52. The van der Waals surface area contributed by atoms with Crippen molar-refractivity contribution in [3.8, 4) is 5.75 Å². The average molecular weight is 412 g/mol. The van der Waals surface area contributed by atoms with Crippen molar-refractivity contribution in [1.29, 1.82) is 0 Å². The lowest BCUT2D eigenvalue weighted by atomic mass is 9.81.